The molecule has 2 aromatic rings. The number of nitrogens with one attached hydrogen (secondary N) is 1. The Kier molecular flexibility index (Phi) is 4.16. The van der Waals surface area contributed by atoms with Gasteiger partial charge in [-0.05, 0) is 38.0 Å². The minimum Gasteiger partial charge on any atom is -0.359 e. The summed E-state index contributed by atoms with van der Waals surface area (Å²) in [6.07, 6.45) is 2.06. The summed E-state index contributed by atoms with van der Waals surface area (Å²) < 4.78 is 0. The molecule has 0 aliphatic carbocycles. The number of aromatic nitrogens is 1. The normalized spacial score (nSPS) is 14.2. The molecular formula is C17H18N4O3. The number of rotatable bonds is 4. The van der Waals surface area contributed by atoms with Crippen LogP contribution in [0.3, 0.4) is 0 Å². The number of hydrogen-bond acceptors (Lipinski definition) is 5. The number of anilines is 2. The number of hydrogen-bond donors (Lipinski definition) is 1. The van der Waals surface area contributed by atoms with Gasteiger partial charge in [-0.25, -0.2) is 4.98 Å². The number of nitrogens with zero attached hydrogens (tertiary/aromatic N) is 3. The average molecular weight is 326 g/mol. The number of nitro groups is 1. The highest BCUT2D eigenvalue weighted by Gasteiger charge is 2.28. The molecule has 0 saturated heterocycles. The summed E-state index contributed by atoms with van der Waals surface area (Å²) in [6, 6.07) is 8.97. The van der Waals surface area contributed by atoms with Gasteiger partial charge < -0.3 is 10.2 Å². The summed E-state index contributed by atoms with van der Waals surface area (Å²) in [5.41, 5.74) is 2.59. The molecule has 0 bridgehead atoms. The second-order valence-electron chi connectivity index (χ2n) is 5.85. The first kappa shape index (κ1) is 15.9. The van der Waals surface area contributed by atoms with E-state index in [0.717, 1.165) is 12.1 Å². The van der Waals surface area contributed by atoms with Crippen LogP contribution >= 0.6 is 0 Å². The predicted octanol–water partition coefficient (Wildman–Crippen LogP) is 2.69. The Morgan fingerprint density at radius 2 is 2.17 bits per heavy atom. The number of carbonyl (C=O) groups excluding carboxylic acids is 1. The number of aryl methyl sites for hydroxylation is 1. The molecule has 1 N–H and O–H groups in total. The molecule has 7 nitrogen and oxygen atoms in total. The fourth-order valence-corrected chi connectivity index (χ4v) is 2.90. The van der Waals surface area contributed by atoms with Crippen LogP contribution in [0.1, 0.15) is 18.1 Å². The van der Waals surface area contributed by atoms with Crippen LogP contribution < -0.4 is 10.2 Å². The van der Waals surface area contributed by atoms with Crippen molar-refractivity contribution in [2.75, 3.05) is 16.8 Å². The van der Waals surface area contributed by atoms with Crippen LogP contribution in [0.5, 0.6) is 0 Å². The van der Waals surface area contributed by atoms with Crippen LogP contribution in [0.15, 0.2) is 36.5 Å². The van der Waals surface area contributed by atoms with E-state index in [1.54, 1.807) is 24.8 Å². The standard InChI is InChI=1S/C17H18N4O3/c1-11-9-16(18-10-15(11)21(23)24)19-12(2)17(22)20-8-7-13-5-3-4-6-14(13)20/h3-6,9-10,12H,7-8H2,1-2H3,(H,18,19). The van der Waals surface area contributed by atoms with Gasteiger partial charge in [0.05, 0.1) is 4.92 Å². The lowest BCUT2D eigenvalue weighted by Gasteiger charge is -2.22. The molecule has 0 spiro atoms. The van der Waals surface area contributed by atoms with Crippen LogP contribution in [0, 0.1) is 17.0 Å². The Labute approximate surface area is 139 Å². The third-order valence-electron chi connectivity index (χ3n) is 4.17. The molecule has 1 aromatic carbocycles. The van der Waals surface area contributed by atoms with E-state index in [2.05, 4.69) is 10.3 Å². The first-order valence-corrected chi connectivity index (χ1v) is 7.74. The van der Waals surface area contributed by atoms with Gasteiger partial charge in [-0.1, -0.05) is 18.2 Å². The number of pyridine rings is 1. The molecule has 24 heavy (non-hydrogen) atoms. The lowest BCUT2D eigenvalue weighted by Crippen LogP contribution is -2.40. The fraction of sp³-hybridized carbons (Fsp3) is 0.294. The highest BCUT2D eigenvalue weighted by Crippen LogP contribution is 2.28. The first-order chi connectivity index (χ1) is 11.5. The molecule has 1 atom stereocenters. The first-order valence-electron chi connectivity index (χ1n) is 7.74. The average Bonchev–Trinajstić information content (AvgIpc) is 2.97. The van der Waals surface area contributed by atoms with Crippen molar-refractivity contribution in [3.05, 3.63) is 57.8 Å². The Balaban J connectivity index is 1.74. The van der Waals surface area contributed by atoms with Crippen molar-refractivity contribution in [2.45, 2.75) is 26.3 Å². The number of fused-ring (bicyclic) bond motifs is 1. The minimum atomic E-state index is -0.482. The number of para-hydroxylation sites is 1. The van der Waals surface area contributed by atoms with E-state index in [1.165, 1.54) is 11.8 Å². The van der Waals surface area contributed by atoms with Crippen molar-refractivity contribution in [2.24, 2.45) is 0 Å². The summed E-state index contributed by atoms with van der Waals surface area (Å²) in [5, 5.41) is 13.9. The van der Waals surface area contributed by atoms with Crippen LogP contribution in [-0.4, -0.2) is 28.4 Å². The van der Waals surface area contributed by atoms with Gasteiger partial charge in [0.25, 0.3) is 5.69 Å². The van der Waals surface area contributed by atoms with Crippen molar-refractivity contribution < 1.29 is 9.72 Å². The molecular weight excluding hydrogens is 308 g/mol. The Bertz CT molecular complexity index is 806. The lowest BCUT2D eigenvalue weighted by molar-refractivity contribution is -0.385. The Morgan fingerprint density at radius 1 is 1.42 bits per heavy atom. The van der Waals surface area contributed by atoms with E-state index in [1.807, 2.05) is 24.3 Å². The molecule has 124 valence electrons. The van der Waals surface area contributed by atoms with E-state index in [4.69, 9.17) is 0 Å². The van der Waals surface area contributed by atoms with Crippen LogP contribution in [0.25, 0.3) is 0 Å². The molecule has 1 aliphatic rings. The summed E-state index contributed by atoms with van der Waals surface area (Å²) in [6.45, 7) is 4.08. The monoisotopic (exact) mass is 326 g/mol. The van der Waals surface area contributed by atoms with Gasteiger partial charge >= 0.3 is 0 Å². The van der Waals surface area contributed by atoms with Crippen molar-refractivity contribution in [3.8, 4) is 0 Å². The largest absolute Gasteiger partial charge is 0.359 e. The summed E-state index contributed by atoms with van der Waals surface area (Å²) >= 11 is 0. The second kappa shape index (κ2) is 6.27. The molecule has 0 radical (unpaired) electrons. The van der Waals surface area contributed by atoms with Crippen molar-refractivity contribution in [3.63, 3.8) is 0 Å². The maximum absolute atomic E-state index is 12.7. The number of benzene rings is 1. The zero-order valence-corrected chi connectivity index (χ0v) is 13.5. The SMILES string of the molecule is Cc1cc(NC(C)C(=O)N2CCc3ccccc32)ncc1[N+](=O)[O-]. The van der Waals surface area contributed by atoms with Crippen LogP contribution in [-0.2, 0) is 11.2 Å². The molecule has 2 heterocycles. The van der Waals surface area contributed by atoms with Crippen molar-refractivity contribution >= 4 is 23.1 Å². The molecule has 1 aromatic heterocycles. The fourth-order valence-electron chi connectivity index (χ4n) is 2.90. The number of amides is 1. The zero-order valence-electron chi connectivity index (χ0n) is 13.5. The minimum absolute atomic E-state index is 0.0343. The quantitative estimate of drug-likeness (QED) is 0.689. The van der Waals surface area contributed by atoms with Crippen molar-refractivity contribution in [1.29, 1.82) is 0 Å². The third kappa shape index (κ3) is 2.92. The van der Waals surface area contributed by atoms with Gasteiger partial charge in [0.2, 0.25) is 5.91 Å². The summed E-state index contributed by atoms with van der Waals surface area (Å²) in [5.74, 6) is 0.407. The zero-order chi connectivity index (χ0) is 17.3. The van der Waals surface area contributed by atoms with E-state index in [-0.39, 0.29) is 11.6 Å². The van der Waals surface area contributed by atoms with Crippen molar-refractivity contribution in [1.82, 2.24) is 4.98 Å². The van der Waals surface area contributed by atoms with Gasteiger partial charge in [0, 0.05) is 17.8 Å². The van der Waals surface area contributed by atoms with Gasteiger partial charge in [-0.3, -0.25) is 14.9 Å². The second-order valence-corrected chi connectivity index (χ2v) is 5.85. The molecule has 1 aliphatic heterocycles. The van der Waals surface area contributed by atoms with Gasteiger partial charge in [-0.15, -0.1) is 0 Å². The predicted molar refractivity (Wildman–Crippen MR) is 91.2 cm³/mol. The lowest BCUT2D eigenvalue weighted by atomic mass is 10.2. The highest BCUT2D eigenvalue weighted by molar-refractivity contribution is 6.00. The van der Waals surface area contributed by atoms with Crippen LogP contribution in [0.2, 0.25) is 0 Å². The molecule has 3 rings (SSSR count). The van der Waals surface area contributed by atoms with E-state index < -0.39 is 11.0 Å². The van der Waals surface area contributed by atoms with E-state index >= 15 is 0 Å². The molecule has 0 fully saturated rings. The molecule has 1 unspecified atom stereocenters. The Hall–Kier alpha value is -2.96. The molecule has 7 heteroatoms. The van der Waals surface area contributed by atoms with E-state index in [9.17, 15) is 14.9 Å². The highest BCUT2D eigenvalue weighted by atomic mass is 16.6. The van der Waals surface area contributed by atoms with Gasteiger partial charge in [0.1, 0.15) is 18.1 Å². The summed E-state index contributed by atoms with van der Waals surface area (Å²) in [7, 11) is 0. The maximum atomic E-state index is 12.7. The van der Waals surface area contributed by atoms with E-state index in [0.29, 0.717) is 17.9 Å². The molecule has 1 amide bonds. The van der Waals surface area contributed by atoms with Gasteiger partial charge in [-0.2, -0.15) is 0 Å². The number of carbonyl (C=O) groups is 1. The third-order valence-corrected chi connectivity index (χ3v) is 4.17. The topological polar surface area (TPSA) is 88.4 Å². The summed E-state index contributed by atoms with van der Waals surface area (Å²) in [4.78, 5) is 28.9. The van der Waals surface area contributed by atoms with Crippen LogP contribution in [0.4, 0.5) is 17.2 Å². The maximum Gasteiger partial charge on any atom is 0.290 e. The Morgan fingerprint density at radius 3 is 2.88 bits per heavy atom. The van der Waals surface area contributed by atoms with Gasteiger partial charge in [0.15, 0.2) is 0 Å². The smallest absolute Gasteiger partial charge is 0.290 e. The molecule has 0 saturated carbocycles.